The summed E-state index contributed by atoms with van der Waals surface area (Å²) in [6.45, 7) is 1.47. The van der Waals surface area contributed by atoms with Crippen molar-refractivity contribution < 1.29 is 22.4 Å². The predicted molar refractivity (Wildman–Crippen MR) is 97.6 cm³/mol. The monoisotopic (exact) mass is 399 g/mol. The van der Waals surface area contributed by atoms with Crippen LogP contribution in [0.25, 0.3) is 11.0 Å². The van der Waals surface area contributed by atoms with Gasteiger partial charge in [-0.1, -0.05) is 11.6 Å². The Morgan fingerprint density at radius 1 is 1.38 bits per heavy atom. The van der Waals surface area contributed by atoms with Crippen LogP contribution in [0.3, 0.4) is 0 Å². The number of carbonyl (C=O) groups excluding carboxylic acids is 1. The van der Waals surface area contributed by atoms with Crippen LogP contribution in [-0.4, -0.2) is 50.4 Å². The second-order valence-corrected chi connectivity index (χ2v) is 9.01. The van der Waals surface area contributed by atoms with Gasteiger partial charge in [0.25, 0.3) is 5.91 Å². The molecule has 1 amide bonds. The Balaban J connectivity index is 1.74. The zero-order valence-electron chi connectivity index (χ0n) is 14.3. The number of carbonyl (C=O) groups is 1. The number of fused-ring (bicyclic) bond motifs is 1. The Morgan fingerprint density at radius 3 is 2.77 bits per heavy atom. The van der Waals surface area contributed by atoms with E-state index in [1.54, 1.807) is 20.0 Å². The van der Waals surface area contributed by atoms with Crippen LogP contribution in [0.15, 0.2) is 27.4 Å². The number of hydrogen-bond donors (Lipinski definition) is 0. The Hall–Kier alpha value is -2.06. The minimum Gasteiger partial charge on any atom is -0.482 e. The zero-order chi connectivity index (χ0) is 19.1. The van der Waals surface area contributed by atoms with E-state index >= 15 is 0 Å². The van der Waals surface area contributed by atoms with Crippen molar-refractivity contribution in [3.05, 3.63) is 39.2 Å². The van der Waals surface area contributed by atoms with E-state index in [1.807, 2.05) is 0 Å². The van der Waals surface area contributed by atoms with Gasteiger partial charge >= 0.3 is 5.63 Å². The topological polar surface area (TPSA) is 93.9 Å². The number of benzene rings is 1. The number of rotatable bonds is 4. The molecule has 0 saturated carbocycles. The first-order chi connectivity index (χ1) is 12.2. The minimum atomic E-state index is -3.08. The molecule has 0 N–H and O–H groups in total. The summed E-state index contributed by atoms with van der Waals surface area (Å²) in [5.74, 6) is -0.0794. The van der Waals surface area contributed by atoms with Gasteiger partial charge in [-0.15, -0.1) is 0 Å². The number of aryl methyl sites for hydroxylation is 1. The van der Waals surface area contributed by atoms with Crippen LogP contribution < -0.4 is 10.4 Å². The molecule has 0 bridgehead atoms. The standard InChI is InChI=1S/C17H18ClNO6S/c1-10-5-17(21)25-14-7-15(13(18)6-12(10)14)24-8-16(20)19(2)11-3-4-26(22,23)9-11/h5-7,11H,3-4,8-9H2,1-2H3/t11-/m1/s1. The van der Waals surface area contributed by atoms with Gasteiger partial charge in [0.1, 0.15) is 11.3 Å². The lowest BCUT2D eigenvalue weighted by Gasteiger charge is -2.23. The van der Waals surface area contributed by atoms with E-state index in [4.69, 9.17) is 20.8 Å². The predicted octanol–water partition coefficient (Wildman–Crippen LogP) is 1.78. The van der Waals surface area contributed by atoms with Crippen molar-refractivity contribution in [2.75, 3.05) is 25.2 Å². The third-order valence-electron chi connectivity index (χ3n) is 4.50. The normalized spacial score (nSPS) is 18.8. The molecule has 0 spiro atoms. The van der Waals surface area contributed by atoms with Crippen molar-refractivity contribution in [2.45, 2.75) is 19.4 Å². The third kappa shape index (κ3) is 3.86. The van der Waals surface area contributed by atoms with E-state index in [2.05, 4.69) is 0 Å². The molecule has 2 aromatic rings. The van der Waals surface area contributed by atoms with Crippen LogP contribution in [0.1, 0.15) is 12.0 Å². The number of likely N-dealkylation sites (N-methyl/N-ethyl adjacent to an activating group) is 1. The SMILES string of the molecule is Cc1cc(=O)oc2cc(OCC(=O)N(C)[C@@H]3CCS(=O)(=O)C3)c(Cl)cc12. The van der Waals surface area contributed by atoms with Crippen LogP contribution in [0.4, 0.5) is 0 Å². The number of halogens is 1. The van der Waals surface area contributed by atoms with Crippen molar-refractivity contribution in [1.29, 1.82) is 0 Å². The van der Waals surface area contributed by atoms with E-state index in [0.29, 0.717) is 17.4 Å². The summed E-state index contributed by atoms with van der Waals surface area (Å²) in [4.78, 5) is 25.2. The summed E-state index contributed by atoms with van der Waals surface area (Å²) in [5.41, 5.74) is 0.557. The summed E-state index contributed by atoms with van der Waals surface area (Å²) < 4.78 is 33.7. The second kappa shape index (κ2) is 6.92. The van der Waals surface area contributed by atoms with E-state index in [9.17, 15) is 18.0 Å². The Morgan fingerprint density at radius 2 is 2.12 bits per heavy atom. The lowest BCUT2D eigenvalue weighted by molar-refractivity contribution is -0.133. The molecule has 140 valence electrons. The molecular weight excluding hydrogens is 382 g/mol. The summed E-state index contributed by atoms with van der Waals surface area (Å²) in [6.07, 6.45) is 0.422. The van der Waals surface area contributed by atoms with Crippen molar-refractivity contribution in [1.82, 2.24) is 4.90 Å². The number of amides is 1. The molecule has 1 atom stereocenters. The van der Waals surface area contributed by atoms with Crippen LogP contribution in [0, 0.1) is 6.92 Å². The highest BCUT2D eigenvalue weighted by molar-refractivity contribution is 7.91. The first-order valence-electron chi connectivity index (χ1n) is 7.99. The fourth-order valence-corrected chi connectivity index (χ4v) is 4.95. The summed E-state index contributed by atoms with van der Waals surface area (Å²) >= 11 is 6.19. The molecular formula is C17H18ClNO6S. The quantitative estimate of drug-likeness (QED) is 0.727. The van der Waals surface area contributed by atoms with Crippen LogP contribution in [-0.2, 0) is 14.6 Å². The molecule has 26 heavy (non-hydrogen) atoms. The van der Waals surface area contributed by atoms with Crippen molar-refractivity contribution in [3.63, 3.8) is 0 Å². The van der Waals surface area contributed by atoms with E-state index < -0.39 is 15.5 Å². The molecule has 9 heteroatoms. The number of nitrogens with zero attached hydrogens (tertiary/aromatic N) is 1. The van der Waals surface area contributed by atoms with Crippen molar-refractivity contribution in [3.8, 4) is 5.75 Å². The Bertz CT molecular complexity index is 1030. The van der Waals surface area contributed by atoms with Crippen molar-refractivity contribution in [2.24, 2.45) is 0 Å². The van der Waals surface area contributed by atoms with Gasteiger partial charge in [0, 0.05) is 30.6 Å². The molecule has 1 fully saturated rings. The van der Waals surface area contributed by atoms with Crippen LogP contribution >= 0.6 is 11.6 Å². The van der Waals surface area contributed by atoms with E-state index in [0.717, 1.165) is 5.56 Å². The molecule has 7 nitrogen and oxygen atoms in total. The lowest BCUT2D eigenvalue weighted by atomic mass is 10.1. The molecule has 3 rings (SSSR count). The smallest absolute Gasteiger partial charge is 0.336 e. The Kier molecular flexibility index (Phi) is 4.98. The van der Waals surface area contributed by atoms with Gasteiger partial charge in [-0.05, 0) is 25.0 Å². The highest BCUT2D eigenvalue weighted by Gasteiger charge is 2.32. The first-order valence-corrected chi connectivity index (χ1v) is 10.2. The van der Waals surface area contributed by atoms with Crippen molar-refractivity contribution >= 4 is 38.3 Å². The molecule has 1 aliphatic rings. The number of hydrogen-bond acceptors (Lipinski definition) is 6. The molecule has 0 aliphatic carbocycles. The zero-order valence-corrected chi connectivity index (χ0v) is 15.9. The fraction of sp³-hybridized carbons (Fsp3) is 0.412. The van der Waals surface area contributed by atoms with Gasteiger partial charge in [-0.2, -0.15) is 0 Å². The molecule has 1 aliphatic heterocycles. The van der Waals surface area contributed by atoms with Gasteiger partial charge in [0.05, 0.1) is 16.5 Å². The first kappa shape index (κ1) is 18.7. The van der Waals surface area contributed by atoms with Crippen LogP contribution in [0.5, 0.6) is 5.75 Å². The van der Waals surface area contributed by atoms with Gasteiger partial charge in [0.15, 0.2) is 16.4 Å². The summed E-state index contributed by atoms with van der Waals surface area (Å²) in [7, 11) is -1.52. The average Bonchev–Trinajstić information content (AvgIpc) is 2.92. The van der Waals surface area contributed by atoms with E-state index in [-0.39, 0.29) is 40.8 Å². The molecule has 1 aromatic heterocycles. The molecule has 0 unspecified atom stereocenters. The van der Waals surface area contributed by atoms with Gasteiger partial charge < -0.3 is 14.1 Å². The molecule has 0 radical (unpaired) electrons. The third-order valence-corrected chi connectivity index (χ3v) is 6.55. The summed E-state index contributed by atoms with van der Waals surface area (Å²) in [6, 6.07) is 4.11. The Labute approximate surface area is 155 Å². The van der Waals surface area contributed by atoms with Gasteiger partial charge in [-0.25, -0.2) is 13.2 Å². The summed E-state index contributed by atoms with van der Waals surface area (Å²) in [5, 5.41) is 0.968. The maximum Gasteiger partial charge on any atom is 0.336 e. The van der Waals surface area contributed by atoms with Gasteiger partial charge in [0.2, 0.25) is 0 Å². The fourth-order valence-electron chi connectivity index (χ4n) is 2.96. The maximum absolute atomic E-state index is 12.3. The molecule has 2 heterocycles. The largest absolute Gasteiger partial charge is 0.482 e. The molecule has 1 saturated heterocycles. The minimum absolute atomic E-state index is 0.0313. The molecule has 1 aromatic carbocycles. The van der Waals surface area contributed by atoms with Gasteiger partial charge in [-0.3, -0.25) is 4.79 Å². The van der Waals surface area contributed by atoms with E-state index in [1.165, 1.54) is 17.0 Å². The lowest BCUT2D eigenvalue weighted by Crippen LogP contribution is -2.40. The van der Waals surface area contributed by atoms with Crippen LogP contribution in [0.2, 0.25) is 5.02 Å². The average molecular weight is 400 g/mol. The number of ether oxygens (including phenoxy) is 1. The maximum atomic E-state index is 12.3. The highest BCUT2D eigenvalue weighted by atomic mass is 35.5. The second-order valence-electron chi connectivity index (χ2n) is 6.38. The number of sulfone groups is 1. The highest BCUT2D eigenvalue weighted by Crippen LogP contribution is 2.31.